The van der Waals surface area contributed by atoms with E-state index in [9.17, 15) is 8.42 Å². The monoisotopic (exact) mass is 296 g/mol. The molecule has 4 nitrogen and oxygen atoms in total. The van der Waals surface area contributed by atoms with Crippen LogP contribution < -0.4 is 5.73 Å². The first kappa shape index (κ1) is 15.3. The average molecular weight is 296 g/mol. The second-order valence-corrected chi connectivity index (χ2v) is 7.35. The van der Waals surface area contributed by atoms with Crippen molar-refractivity contribution in [1.29, 1.82) is 0 Å². The number of hydrogen-bond donors (Lipinski definition) is 1. The van der Waals surface area contributed by atoms with Gasteiger partial charge in [-0.2, -0.15) is 4.31 Å². The average Bonchev–Trinajstić information content (AvgIpc) is 2.63. The highest BCUT2D eigenvalue weighted by molar-refractivity contribution is 7.89. The van der Waals surface area contributed by atoms with Crippen LogP contribution in [0.3, 0.4) is 0 Å². The molecule has 1 heterocycles. The third-order valence-electron chi connectivity index (χ3n) is 4.10. The van der Waals surface area contributed by atoms with Crippen LogP contribution in [0.2, 0.25) is 0 Å². The quantitative estimate of drug-likeness (QED) is 0.872. The van der Waals surface area contributed by atoms with E-state index in [1.54, 1.807) is 16.4 Å². The standard InChI is InChI=1S/C15H24N2O2S/c1-3-13-9-5-4-6-11-17(13)20(18,19)15-12(2)8-7-10-14(15)16/h7-8,10,13H,3-6,9,11,16H2,1-2H3. The van der Waals surface area contributed by atoms with Crippen molar-refractivity contribution in [2.24, 2.45) is 0 Å². The van der Waals surface area contributed by atoms with Crippen LogP contribution in [0, 0.1) is 6.92 Å². The number of rotatable bonds is 3. The summed E-state index contributed by atoms with van der Waals surface area (Å²) in [6.07, 6.45) is 4.94. The molecule has 1 unspecified atom stereocenters. The lowest BCUT2D eigenvalue weighted by Crippen LogP contribution is -2.40. The number of nitrogen functional groups attached to an aromatic ring is 1. The minimum atomic E-state index is -3.50. The Morgan fingerprint density at radius 2 is 2.05 bits per heavy atom. The molecule has 1 fully saturated rings. The van der Waals surface area contributed by atoms with Gasteiger partial charge in [0, 0.05) is 12.6 Å². The SMILES string of the molecule is CCC1CCCCCN1S(=O)(=O)c1c(C)cccc1N. The van der Waals surface area contributed by atoms with Crippen LogP contribution in [0.25, 0.3) is 0 Å². The molecule has 0 radical (unpaired) electrons. The summed E-state index contributed by atoms with van der Waals surface area (Å²) in [7, 11) is -3.50. The van der Waals surface area contributed by atoms with Crippen molar-refractivity contribution in [3.8, 4) is 0 Å². The molecule has 1 aliphatic rings. The fourth-order valence-corrected chi connectivity index (χ4v) is 5.11. The Morgan fingerprint density at radius 1 is 1.30 bits per heavy atom. The number of benzene rings is 1. The predicted octanol–water partition coefficient (Wildman–Crippen LogP) is 2.92. The lowest BCUT2D eigenvalue weighted by atomic mass is 10.1. The predicted molar refractivity (Wildman–Crippen MR) is 82.0 cm³/mol. The molecule has 1 aliphatic heterocycles. The molecule has 1 aromatic rings. The number of nitrogens with two attached hydrogens (primary N) is 1. The molecule has 1 atom stereocenters. The van der Waals surface area contributed by atoms with Gasteiger partial charge in [-0.1, -0.05) is 31.9 Å². The van der Waals surface area contributed by atoms with Crippen LogP contribution in [-0.4, -0.2) is 25.3 Å². The van der Waals surface area contributed by atoms with E-state index in [1.165, 1.54) is 0 Å². The first-order valence-electron chi connectivity index (χ1n) is 7.35. The molecule has 0 bridgehead atoms. The highest BCUT2D eigenvalue weighted by Gasteiger charge is 2.33. The van der Waals surface area contributed by atoms with E-state index in [1.807, 2.05) is 13.0 Å². The Morgan fingerprint density at radius 3 is 2.70 bits per heavy atom. The van der Waals surface area contributed by atoms with Gasteiger partial charge in [0.05, 0.1) is 5.69 Å². The van der Waals surface area contributed by atoms with Crippen LogP contribution in [0.4, 0.5) is 5.69 Å². The van der Waals surface area contributed by atoms with E-state index in [0.717, 1.165) is 37.7 Å². The molecule has 2 N–H and O–H groups in total. The Hall–Kier alpha value is -1.07. The number of sulfonamides is 1. The summed E-state index contributed by atoms with van der Waals surface area (Å²) in [5.74, 6) is 0. The Kier molecular flexibility index (Phi) is 4.70. The summed E-state index contributed by atoms with van der Waals surface area (Å²) in [6, 6.07) is 5.37. The number of aryl methyl sites for hydroxylation is 1. The van der Waals surface area contributed by atoms with Crippen LogP contribution in [0.15, 0.2) is 23.1 Å². The Bertz CT molecular complexity index is 549. The normalized spacial score (nSPS) is 21.6. The van der Waals surface area contributed by atoms with E-state index < -0.39 is 10.0 Å². The highest BCUT2D eigenvalue weighted by atomic mass is 32.2. The van der Waals surface area contributed by atoms with Gasteiger partial charge in [-0.3, -0.25) is 0 Å². The minimum absolute atomic E-state index is 0.0986. The molecule has 112 valence electrons. The van der Waals surface area contributed by atoms with Crippen LogP contribution in [-0.2, 0) is 10.0 Å². The summed E-state index contributed by atoms with van der Waals surface area (Å²) in [4.78, 5) is 0.292. The van der Waals surface area contributed by atoms with Crippen LogP contribution >= 0.6 is 0 Å². The largest absolute Gasteiger partial charge is 0.398 e. The maximum absolute atomic E-state index is 13.0. The number of anilines is 1. The number of hydrogen-bond acceptors (Lipinski definition) is 3. The summed E-state index contributed by atoms with van der Waals surface area (Å²) >= 11 is 0. The summed E-state index contributed by atoms with van der Waals surface area (Å²) in [5.41, 5.74) is 7.01. The molecule has 5 heteroatoms. The molecular formula is C15H24N2O2S. The molecule has 1 saturated heterocycles. The third kappa shape index (κ3) is 2.83. The zero-order valence-corrected chi connectivity index (χ0v) is 13.1. The van der Waals surface area contributed by atoms with Gasteiger partial charge in [0.25, 0.3) is 0 Å². The topological polar surface area (TPSA) is 63.4 Å². The molecule has 0 aromatic heterocycles. The first-order chi connectivity index (χ1) is 9.48. The lowest BCUT2D eigenvalue weighted by Gasteiger charge is -2.29. The van der Waals surface area contributed by atoms with E-state index >= 15 is 0 Å². The fraction of sp³-hybridized carbons (Fsp3) is 0.600. The van der Waals surface area contributed by atoms with Gasteiger partial charge in [-0.15, -0.1) is 0 Å². The molecule has 0 spiro atoms. The van der Waals surface area contributed by atoms with Crippen LogP contribution in [0.5, 0.6) is 0 Å². The Labute approximate surface area is 122 Å². The molecule has 0 amide bonds. The molecule has 0 saturated carbocycles. The number of nitrogens with zero attached hydrogens (tertiary/aromatic N) is 1. The summed E-state index contributed by atoms with van der Waals surface area (Å²) < 4.78 is 27.7. The van der Waals surface area contributed by atoms with Crippen molar-refractivity contribution in [1.82, 2.24) is 4.31 Å². The van der Waals surface area contributed by atoms with E-state index in [-0.39, 0.29) is 6.04 Å². The van der Waals surface area contributed by atoms with Gasteiger partial charge in [0.2, 0.25) is 10.0 Å². The van der Waals surface area contributed by atoms with Gasteiger partial charge in [-0.05, 0) is 37.8 Å². The minimum Gasteiger partial charge on any atom is -0.398 e. The lowest BCUT2D eigenvalue weighted by molar-refractivity contribution is 0.315. The van der Waals surface area contributed by atoms with Crippen LogP contribution in [0.1, 0.15) is 44.6 Å². The molecular weight excluding hydrogens is 272 g/mol. The smallest absolute Gasteiger partial charge is 0.245 e. The maximum atomic E-state index is 13.0. The van der Waals surface area contributed by atoms with Gasteiger partial charge >= 0.3 is 0 Å². The fourth-order valence-electron chi connectivity index (χ4n) is 3.02. The second-order valence-electron chi connectivity index (χ2n) is 5.52. The molecule has 2 rings (SSSR count). The van der Waals surface area contributed by atoms with Crippen molar-refractivity contribution in [2.75, 3.05) is 12.3 Å². The van der Waals surface area contributed by atoms with Crippen molar-refractivity contribution in [3.63, 3.8) is 0 Å². The van der Waals surface area contributed by atoms with Gasteiger partial charge < -0.3 is 5.73 Å². The molecule has 0 aliphatic carbocycles. The van der Waals surface area contributed by atoms with Crippen molar-refractivity contribution < 1.29 is 8.42 Å². The van der Waals surface area contributed by atoms with Crippen molar-refractivity contribution in [3.05, 3.63) is 23.8 Å². The van der Waals surface area contributed by atoms with Gasteiger partial charge in [-0.25, -0.2) is 8.42 Å². The summed E-state index contributed by atoms with van der Waals surface area (Å²) in [6.45, 7) is 4.47. The molecule has 20 heavy (non-hydrogen) atoms. The second kappa shape index (κ2) is 6.14. The van der Waals surface area contributed by atoms with Gasteiger partial charge in [0.15, 0.2) is 0 Å². The first-order valence-corrected chi connectivity index (χ1v) is 8.79. The van der Waals surface area contributed by atoms with Gasteiger partial charge in [0.1, 0.15) is 4.90 Å². The Balaban J connectivity index is 2.47. The zero-order chi connectivity index (χ0) is 14.8. The maximum Gasteiger partial charge on any atom is 0.245 e. The third-order valence-corrected chi connectivity index (χ3v) is 6.28. The van der Waals surface area contributed by atoms with E-state index in [4.69, 9.17) is 5.73 Å². The van der Waals surface area contributed by atoms with Crippen molar-refractivity contribution >= 4 is 15.7 Å². The molecule has 1 aromatic carbocycles. The highest BCUT2D eigenvalue weighted by Crippen LogP contribution is 2.31. The van der Waals surface area contributed by atoms with E-state index in [2.05, 4.69) is 6.92 Å². The van der Waals surface area contributed by atoms with Crippen molar-refractivity contribution in [2.45, 2.75) is 56.9 Å². The summed E-state index contributed by atoms with van der Waals surface area (Å²) in [5, 5.41) is 0. The zero-order valence-electron chi connectivity index (χ0n) is 12.3. The van der Waals surface area contributed by atoms with E-state index in [0.29, 0.717) is 17.1 Å².